The monoisotopic (exact) mass is 325 g/mol. The molecule has 0 heterocycles. The van der Waals surface area contributed by atoms with E-state index in [2.05, 4.69) is 22.6 Å². The number of carboxylic acids is 1. The van der Waals surface area contributed by atoms with Crippen LogP contribution in [0.15, 0.2) is 18.2 Å². The van der Waals surface area contributed by atoms with Crippen molar-refractivity contribution >= 4 is 40.2 Å². The molecule has 0 aliphatic carbocycles. The number of carbonyl (C=O) groups is 1. The van der Waals surface area contributed by atoms with Crippen molar-refractivity contribution in [1.82, 2.24) is 0 Å². The minimum atomic E-state index is -1.01. The van der Waals surface area contributed by atoms with E-state index in [0.29, 0.717) is 5.02 Å². The van der Waals surface area contributed by atoms with Crippen LogP contribution in [0.4, 0.5) is 0 Å². The van der Waals surface area contributed by atoms with E-state index in [9.17, 15) is 4.79 Å². The van der Waals surface area contributed by atoms with Crippen molar-refractivity contribution in [2.75, 3.05) is 0 Å². The van der Waals surface area contributed by atoms with E-state index in [1.807, 2.05) is 12.1 Å². The summed E-state index contributed by atoms with van der Waals surface area (Å²) in [5.41, 5.74) is 6.22. The first-order valence-corrected chi connectivity index (χ1v) is 5.39. The number of rotatable bonds is 3. The Balaban J connectivity index is 2.91. The molecule has 0 saturated heterocycles. The number of halogens is 2. The van der Waals surface area contributed by atoms with Gasteiger partial charge >= 0.3 is 5.97 Å². The summed E-state index contributed by atoms with van der Waals surface area (Å²) < 4.78 is 0.937. The number of nitrogens with two attached hydrogens (primary N) is 1. The van der Waals surface area contributed by atoms with Gasteiger partial charge in [0.2, 0.25) is 0 Å². The van der Waals surface area contributed by atoms with Gasteiger partial charge in [-0.1, -0.05) is 17.7 Å². The molecule has 1 aromatic rings. The lowest BCUT2D eigenvalue weighted by atomic mass is 10.1. The molecule has 0 spiro atoms. The Labute approximate surface area is 100 Å². The molecule has 0 amide bonds. The predicted octanol–water partition coefficient (Wildman–Crippen LogP) is 1.90. The average Bonchev–Trinajstić information content (AvgIpc) is 2.11. The van der Waals surface area contributed by atoms with E-state index in [1.54, 1.807) is 6.07 Å². The van der Waals surface area contributed by atoms with Crippen LogP contribution in [0.5, 0.6) is 0 Å². The third-order valence-corrected chi connectivity index (χ3v) is 3.17. The SMILES string of the molecule is N[C@H](Cc1c(Cl)cccc1I)C(=O)O. The standard InChI is InChI=1S/C9H9ClINO2/c10-6-2-1-3-7(11)5(6)4-8(12)9(13)14/h1-3,8H,4,12H2,(H,13,14)/t8-/m1/s1. The maximum Gasteiger partial charge on any atom is 0.320 e. The molecule has 1 atom stereocenters. The van der Waals surface area contributed by atoms with Crippen molar-refractivity contribution in [1.29, 1.82) is 0 Å². The van der Waals surface area contributed by atoms with Crippen molar-refractivity contribution in [2.24, 2.45) is 5.73 Å². The van der Waals surface area contributed by atoms with Crippen LogP contribution in [-0.4, -0.2) is 17.1 Å². The summed E-state index contributed by atoms with van der Waals surface area (Å²) in [6.45, 7) is 0. The molecule has 76 valence electrons. The van der Waals surface area contributed by atoms with Crippen molar-refractivity contribution in [3.8, 4) is 0 Å². The Morgan fingerprint density at radius 2 is 2.29 bits per heavy atom. The molecule has 14 heavy (non-hydrogen) atoms. The molecule has 0 saturated carbocycles. The maximum absolute atomic E-state index is 10.6. The first-order chi connectivity index (χ1) is 6.52. The van der Waals surface area contributed by atoms with E-state index in [4.69, 9.17) is 22.4 Å². The van der Waals surface area contributed by atoms with Crippen LogP contribution in [0.25, 0.3) is 0 Å². The second-order valence-corrected chi connectivity index (χ2v) is 4.42. The van der Waals surface area contributed by atoms with E-state index in [0.717, 1.165) is 9.13 Å². The van der Waals surface area contributed by atoms with Crippen molar-refractivity contribution < 1.29 is 9.90 Å². The zero-order chi connectivity index (χ0) is 10.7. The molecule has 1 rings (SSSR count). The first-order valence-electron chi connectivity index (χ1n) is 3.93. The Kier molecular flexibility index (Phi) is 4.15. The van der Waals surface area contributed by atoms with Gasteiger partial charge in [0, 0.05) is 15.0 Å². The molecular weight excluding hydrogens is 316 g/mol. The molecule has 0 fully saturated rings. The number of aliphatic carboxylic acids is 1. The highest BCUT2D eigenvalue weighted by molar-refractivity contribution is 14.1. The third kappa shape index (κ3) is 2.83. The van der Waals surface area contributed by atoms with Gasteiger partial charge in [-0.15, -0.1) is 0 Å². The predicted molar refractivity (Wildman–Crippen MR) is 63.5 cm³/mol. The van der Waals surface area contributed by atoms with Gasteiger partial charge < -0.3 is 10.8 Å². The second kappa shape index (κ2) is 4.95. The molecule has 0 bridgehead atoms. The van der Waals surface area contributed by atoms with Crippen LogP contribution < -0.4 is 5.73 Å². The maximum atomic E-state index is 10.6. The van der Waals surface area contributed by atoms with Gasteiger partial charge in [-0.3, -0.25) is 4.79 Å². The van der Waals surface area contributed by atoms with E-state index < -0.39 is 12.0 Å². The smallest absolute Gasteiger partial charge is 0.320 e. The lowest BCUT2D eigenvalue weighted by Gasteiger charge is -2.09. The van der Waals surface area contributed by atoms with Gasteiger partial charge in [-0.25, -0.2) is 0 Å². The first kappa shape index (κ1) is 11.7. The summed E-state index contributed by atoms with van der Waals surface area (Å²) in [4.78, 5) is 10.6. The van der Waals surface area contributed by atoms with E-state index in [1.165, 1.54) is 0 Å². The summed E-state index contributed by atoms with van der Waals surface area (Å²) in [5, 5.41) is 9.22. The fourth-order valence-corrected chi connectivity index (χ4v) is 2.16. The largest absolute Gasteiger partial charge is 0.480 e. The molecule has 0 unspecified atom stereocenters. The van der Waals surface area contributed by atoms with Crippen LogP contribution in [0.2, 0.25) is 5.02 Å². The topological polar surface area (TPSA) is 63.3 Å². The number of benzene rings is 1. The van der Waals surface area contributed by atoms with Crippen molar-refractivity contribution in [3.63, 3.8) is 0 Å². The van der Waals surface area contributed by atoms with E-state index in [-0.39, 0.29) is 6.42 Å². The summed E-state index contributed by atoms with van der Waals surface area (Å²) in [6, 6.07) is 4.52. The normalized spacial score (nSPS) is 12.5. The van der Waals surface area contributed by atoms with Crippen LogP contribution in [-0.2, 0) is 11.2 Å². The molecule has 3 nitrogen and oxygen atoms in total. The zero-order valence-corrected chi connectivity index (χ0v) is 10.1. The summed E-state index contributed by atoms with van der Waals surface area (Å²) >= 11 is 8.03. The molecule has 0 aliphatic rings. The molecule has 3 N–H and O–H groups in total. The second-order valence-electron chi connectivity index (χ2n) is 2.85. The molecular formula is C9H9ClINO2. The van der Waals surface area contributed by atoms with E-state index >= 15 is 0 Å². The van der Waals surface area contributed by atoms with Crippen LogP contribution in [0, 0.1) is 3.57 Å². The molecule has 0 aromatic heterocycles. The van der Waals surface area contributed by atoms with Gasteiger partial charge in [0.1, 0.15) is 6.04 Å². The summed E-state index contributed by atoms with van der Waals surface area (Å²) in [5.74, 6) is -1.01. The highest BCUT2D eigenvalue weighted by Gasteiger charge is 2.15. The van der Waals surface area contributed by atoms with Gasteiger partial charge in [0.25, 0.3) is 0 Å². The van der Waals surface area contributed by atoms with Crippen molar-refractivity contribution in [3.05, 3.63) is 32.4 Å². The highest BCUT2D eigenvalue weighted by atomic mass is 127. The molecule has 0 aliphatic heterocycles. The van der Waals surface area contributed by atoms with Crippen LogP contribution in [0.3, 0.4) is 0 Å². The fraction of sp³-hybridized carbons (Fsp3) is 0.222. The van der Waals surface area contributed by atoms with Crippen LogP contribution >= 0.6 is 34.2 Å². The lowest BCUT2D eigenvalue weighted by molar-refractivity contribution is -0.138. The highest BCUT2D eigenvalue weighted by Crippen LogP contribution is 2.22. The lowest BCUT2D eigenvalue weighted by Crippen LogP contribution is -2.32. The number of hydrogen-bond acceptors (Lipinski definition) is 2. The van der Waals surface area contributed by atoms with Gasteiger partial charge in [-0.2, -0.15) is 0 Å². The Morgan fingerprint density at radius 3 is 2.79 bits per heavy atom. The van der Waals surface area contributed by atoms with Gasteiger partial charge in [0.05, 0.1) is 0 Å². The summed E-state index contributed by atoms with van der Waals surface area (Å²) in [6.07, 6.45) is 0.257. The Bertz CT molecular complexity index is 336. The minimum absolute atomic E-state index is 0.257. The minimum Gasteiger partial charge on any atom is -0.480 e. The Hall–Kier alpha value is -0.330. The van der Waals surface area contributed by atoms with Gasteiger partial charge in [-0.05, 0) is 40.3 Å². The molecule has 5 heteroatoms. The van der Waals surface area contributed by atoms with Gasteiger partial charge in [0.15, 0.2) is 0 Å². The number of hydrogen-bond donors (Lipinski definition) is 2. The fourth-order valence-electron chi connectivity index (χ4n) is 1.03. The van der Waals surface area contributed by atoms with Crippen LogP contribution in [0.1, 0.15) is 5.56 Å². The quantitative estimate of drug-likeness (QED) is 0.834. The zero-order valence-electron chi connectivity index (χ0n) is 7.21. The number of carboxylic acid groups (broad SMARTS) is 1. The Morgan fingerprint density at radius 1 is 1.64 bits per heavy atom. The summed E-state index contributed by atoms with van der Waals surface area (Å²) in [7, 11) is 0. The molecule has 1 aromatic carbocycles. The average molecular weight is 326 g/mol. The molecule has 0 radical (unpaired) electrons. The third-order valence-electron chi connectivity index (χ3n) is 1.80. The van der Waals surface area contributed by atoms with Crippen molar-refractivity contribution in [2.45, 2.75) is 12.5 Å².